The molecular formula is C15H23N5O2. The normalized spacial score (nSPS) is 15.5. The van der Waals surface area contributed by atoms with Crippen LogP contribution in [0.1, 0.15) is 16.1 Å². The molecule has 0 aromatic carbocycles. The molecular weight excluding hydrogens is 282 g/mol. The van der Waals surface area contributed by atoms with E-state index in [4.69, 9.17) is 0 Å². The number of piperazine rings is 1. The molecule has 2 heterocycles. The third-order valence-electron chi connectivity index (χ3n) is 3.68. The van der Waals surface area contributed by atoms with Gasteiger partial charge in [-0.3, -0.25) is 9.78 Å². The number of carbonyl (C=O) groups excluding carboxylic acids is 2. The topological polar surface area (TPSA) is 68.8 Å². The Morgan fingerprint density at radius 3 is 2.59 bits per heavy atom. The molecule has 0 spiro atoms. The molecule has 0 atom stereocenters. The Morgan fingerprint density at radius 2 is 1.95 bits per heavy atom. The van der Waals surface area contributed by atoms with Gasteiger partial charge in [0.05, 0.1) is 12.2 Å². The number of urea groups is 1. The fourth-order valence-corrected chi connectivity index (χ4v) is 2.22. The average molecular weight is 305 g/mol. The minimum absolute atomic E-state index is 0.0238. The van der Waals surface area contributed by atoms with E-state index in [1.165, 1.54) is 4.90 Å². The molecule has 0 aliphatic carbocycles. The van der Waals surface area contributed by atoms with E-state index in [1.807, 2.05) is 4.90 Å². The molecule has 1 aliphatic heterocycles. The number of nitrogens with one attached hydrogen (secondary N) is 1. The predicted molar refractivity (Wildman–Crippen MR) is 83.6 cm³/mol. The van der Waals surface area contributed by atoms with E-state index in [9.17, 15) is 9.59 Å². The van der Waals surface area contributed by atoms with E-state index in [-0.39, 0.29) is 11.9 Å². The van der Waals surface area contributed by atoms with Gasteiger partial charge in [-0.25, -0.2) is 4.79 Å². The lowest BCUT2D eigenvalue weighted by Crippen LogP contribution is -2.47. The molecule has 1 N–H and O–H groups in total. The molecule has 0 bridgehead atoms. The van der Waals surface area contributed by atoms with Gasteiger partial charge < -0.3 is 20.0 Å². The zero-order valence-electron chi connectivity index (χ0n) is 13.4. The van der Waals surface area contributed by atoms with Crippen LogP contribution in [0, 0.1) is 0 Å². The number of likely N-dealkylation sites (N-methyl/N-ethyl adjacent to an activating group) is 1. The lowest BCUT2D eigenvalue weighted by atomic mass is 10.2. The van der Waals surface area contributed by atoms with Crippen molar-refractivity contribution in [1.29, 1.82) is 0 Å². The zero-order chi connectivity index (χ0) is 16.1. The second-order valence-corrected chi connectivity index (χ2v) is 5.68. The summed E-state index contributed by atoms with van der Waals surface area (Å²) in [6.45, 7) is 3.57. The number of hydrogen-bond donors (Lipinski definition) is 1. The second-order valence-electron chi connectivity index (χ2n) is 5.68. The summed E-state index contributed by atoms with van der Waals surface area (Å²) in [4.78, 5) is 33.7. The van der Waals surface area contributed by atoms with Crippen molar-refractivity contribution in [3.63, 3.8) is 0 Å². The van der Waals surface area contributed by atoms with E-state index in [0.717, 1.165) is 26.2 Å². The van der Waals surface area contributed by atoms with Crippen molar-refractivity contribution in [2.45, 2.75) is 6.54 Å². The number of nitrogens with zero attached hydrogens (tertiary/aromatic N) is 4. The van der Waals surface area contributed by atoms with E-state index >= 15 is 0 Å². The van der Waals surface area contributed by atoms with Crippen LogP contribution in [0.4, 0.5) is 4.79 Å². The van der Waals surface area contributed by atoms with Crippen molar-refractivity contribution in [2.75, 3.05) is 47.3 Å². The molecule has 7 nitrogen and oxygen atoms in total. The first-order valence-corrected chi connectivity index (χ1v) is 7.35. The van der Waals surface area contributed by atoms with Gasteiger partial charge in [-0.2, -0.15) is 0 Å². The third kappa shape index (κ3) is 4.17. The van der Waals surface area contributed by atoms with Crippen LogP contribution in [-0.4, -0.2) is 78.9 Å². The molecule has 1 saturated heterocycles. The van der Waals surface area contributed by atoms with Gasteiger partial charge in [0, 0.05) is 52.0 Å². The highest BCUT2D eigenvalue weighted by Crippen LogP contribution is 2.09. The quantitative estimate of drug-likeness (QED) is 0.868. The Balaban J connectivity index is 1.98. The summed E-state index contributed by atoms with van der Waals surface area (Å²) < 4.78 is 0. The lowest BCUT2D eigenvalue weighted by molar-refractivity contribution is 0.0664. The first kappa shape index (κ1) is 16.2. The Kier molecular flexibility index (Phi) is 5.32. The van der Waals surface area contributed by atoms with Crippen molar-refractivity contribution in [3.05, 3.63) is 29.6 Å². The first-order chi connectivity index (χ1) is 10.5. The molecule has 0 unspecified atom stereocenters. The van der Waals surface area contributed by atoms with Gasteiger partial charge in [-0.1, -0.05) is 0 Å². The summed E-state index contributed by atoms with van der Waals surface area (Å²) in [5.74, 6) is 0.0238. The summed E-state index contributed by atoms with van der Waals surface area (Å²) in [6, 6.07) is 3.28. The maximum atomic E-state index is 12.5. The van der Waals surface area contributed by atoms with E-state index in [1.54, 1.807) is 32.4 Å². The van der Waals surface area contributed by atoms with Gasteiger partial charge in [0.1, 0.15) is 0 Å². The molecule has 2 rings (SSSR count). The summed E-state index contributed by atoms with van der Waals surface area (Å²) >= 11 is 0. The van der Waals surface area contributed by atoms with Crippen LogP contribution in [0.15, 0.2) is 18.3 Å². The monoisotopic (exact) mass is 305 g/mol. The summed E-state index contributed by atoms with van der Waals surface area (Å²) in [5, 5.41) is 2.74. The number of rotatable bonds is 3. The molecule has 120 valence electrons. The predicted octanol–water partition coefficient (Wildman–Crippen LogP) is 0.240. The van der Waals surface area contributed by atoms with Crippen LogP contribution in [0.5, 0.6) is 0 Å². The summed E-state index contributed by atoms with van der Waals surface area (Å²) in [6.07, 6.45) is 1.61. The van der Waals surface area contributed by atoms with Gasteiger partial charge in [0.15, 0.2) is 0 Å². The van der Waals surface area contributed by atoms with E-state index < -0.39 is 0 Å². The lowest BCUT2D eigenvalue weighted by Gasteiger charge is -2.32. The van der Waals surface area contributed by atoms with Crippen LogP contribution in [0.25, 0.3) is 0 Å². The molecule has 1 aromatic rings. The molecule has 1 aliphatic rings. The van der Waals surface area contributed by atoms with Crippen LogP contribution < -0.4 is 5.32 Å². The van der Waals surface area contributed by atoms with Crippen molar-refractivity contribution in [3.8, 4) is 0 Å². The fraction of sp³-hybridized carbons (Fsp3) is 0.533. The Bertz CT molecular complexity index is 538. The van der Waals surface area contributed by atoms with Crippen LogP contribution in [0.3, 0.4) is 0 Å². The number of aromatic nitrogens is 1. The van der Waals surface area contributed by atoms with Crippen molar-refractivity contribution < 1.29 is 9.59 Å². The summed E-state index contributed by atoms with van der Waals surface area (Å²) in [5.41, 5.74) is 1.30. The minimum Gasteiger partial charge on any atom is -0.336 e. The van der Waals surface area contributed by atoms with Crippen molar-refractivity contribution in [1.82, 2.24) is 25.0 Å². The van der Waals surface area contributed by atoms with Crippen LogP contribution in [0.2, 0.25) is 0 Å². The van der Waals surface area contributed by atoms with E-state index in [0.29, 0.717) is 17.8 Å². The molecule has 0 radical (unpaired) electrons. The number of carbonyl (C=O) groups is 2. The van der Waals surface area contributed by atoms with Crippen molar-refractivity contribution >= 4 is 11.9 Å². The smallest absolute Gasteiger partial charge is 0.317 e. The Hall–Kier alpha value is -2.15. The highest BCUT2D eigenvalue weighted by molar-refractivity contribution is 5.94. The second kappa shape index (κ2) is 7.22. The zero-order valence-corrected chi connectivity index (χ0v) is 13.4. The molecule has 0 saturated carbocycles. The highest BCUT2D eigenvalue weighted by atomic mass is 16.2. The maximum absolute atomic E-state index is 12.5. The standard InChI is InChI=1S/C15H23N5O2/c1-18(2)15(22)17-11-13-10-12(4-5-16-13)14(21)20-8-6-19(3)7-9-20/h4-5,10H,6-9,11H2,1-3H3,(H,17,22). The Labute approximate surface area is 130 Å². The van der Waals surface area contributed by atoms with Gasteiger partial charge in [0.2, 0.25) is 0 Å². The maximum Gasteiger partial charge on any atom is 0.317 e. The largest absolute Gasteiger partial charge is 0.336 e. The van der Waals surface area contributed by atoms with Gasteiger partial charge in [-0.05, 0) is 19.2 Å². The van der Waals surface area contributed by atoms with Gasteiger partial charge >= 0.3 is 6.03 Å². The van der Waals surface area contributed by atoms with Crippen LogP contribution >= 0.6 is 0 Å². The number of hydrogen-bond acceptors (Lipinski definition) is 4. The molecule has 1 aromatic heterocycles. The fourth-order valence-electron chi connectivity index (χ4n) is 2.22. The molecule has 3 amide bonds. The number of pyridine rings is 1. The van der Waals surface area contributed by atoms with Gasteiger partial charge in [0.25, 0.3) is 5.91 Å². The van der Waals surface area contributed by atoms with Crippen LogP contribution in [-0.2, 0) is 6.54 Å². The molecule has 1 fully saturated rings. The number of amides is 3. The third-order valence-corrected chi connectivity index (χ3v) is 3.68. The molecule has 7 heteroatoms. The Morgan fingerprint density at radius 1 is 1.27 bits per heavy atom. The van der Waals surface area contributed by atoms with E-state index in [2.05, 4.69) is 22.2 Å². The van der Waals surface area contributed by atoms with Crippen molar-refractivity contribution in [2.24, 2.45) is 0 Å². The summed E-state index contributed by atoms with van der Waals surface area (Å²) in [7, 11) is 5.41. The van der Waals surface area contributed by atoms with Gasteiger partial charge in [-0.15, -0.1) is 0 Å². The average Bonchev–Trinajstić information content (AvgIpc) is 2.52. The minimum atomic E-state index is -0.183. The molecule has 22 heavy (non-hydrogen) atoms. The highest BCUT2D eigenvalue weighted by Gasteiger charge is 2.20. The first-order valence-electron chi connectivity index (χ1n) is 7.35. The SMILES string of the molecule is CN1CCN(C(=O)c2ccnc(CNC(=O)N(C)C)c2)CC1.